The molecule has 0 heterocycles. The van der Waals surface area contributed by atoms with Gasteiger partial charge in [-0.15, -0.1) is 0 Å². The molecule has 0 atom stereocenters. The molecule has 0 amide bonds. The Kier molecular flexibility index (Phi) is 3.11. The second-order valence-corrected chi connectivity index (χ2v) is 10.1. The van der Waals surface area contributed by atoms with Gasteiger partial charge in [0.05, 0.1) is 0 Å². The van der Waals surface area contributed by atoms with Crippen molar-refractivity contribution in [1.29, 1.82) is 0 Å². The zero-order valence-corrected chi connectivity index (χ0v) is 16.8. The van der Waals surface area contributed by atoms with Crippen molar-refractivity contribution in [3.05, 3.63) is 77.9 Å². The Morgan fingerprint density at radius 1 is 0.621 bits per heavy atom. The Hall–Kier alpha value is -2.54. The van der Waals surface area contributed by atoms with E-state index in [1.54, 1.807) is 11.1 Å². The fourth-order valence-corrected chi connectivity index (χ4v) is 8.08. The van der Waals surface area contributed by atoms with Gasteiger partial charge in [-0.1, -0.05) is 54.6 Å². The van der Waals surface area contributed by atoms with Crippen LogP contribution in [0.15, 0.2) is 66.7 Å². The third-order valence-corrected chi connectivity index (χ3v) is 8.81. The van der Waals surface area contributed by atoms with E-state index in [1.165, 1.54) is 54.4 Å². The molecule has 4 bridgehead atoms. The molecule has 29 heavy (non-hydrogen) atoms. The Morgan fingerprint density at radius 2 is 1.28 bits per heavy atom. The van der Waals surface area contributed by atoms with E-state index in [2.05, 4.69) is 66.7 Å². The number of anilines is 1. The summed E-state index contributed by atoms with van der Waals surface area (Å²) in [6.45, 7) is 0. The van der Waals surface area contributed by atoms with Gasteiger partial charge in [0.15, 0.2) is 0 Å². The molecular formula is C28H27N. The molecule has 2 N–H and O–H groups in total. The van der Waals surface area contributed by atoms with Crippen LogP contribution in [0.2, 0.25) is 0 Å². The minimum Gasteiger partial charge on any atom is -0.398 e. The maximum Gasteiger partial charge on any atom is 0.0397 e. The van der Waals surface area contributed by atoms with Gasteiger partial charge in [-0.3, -0.25) is 0 Å². The Morgan fingerprint density at radius 3 is 2.00 bits per heavy atom. The first-order chi connectivity index (χ1) is 14.2. The molecule has 0 unspecified atom stereocenters. The number of rotatable bonds is 1. The van der Waals surface area contributed by atoms with E-state index >= 15 is 0 Å². The average Bonchev–Trinajstić information content (AvgIpc) is 3.02. The van der Waals surface area contributed by atoms with E-state index in [9.17, 15) is 0 Å². The molecule has 5 aliphatic carbocycles. The van der Waals surface area contributed by atoms with Crippen molar-refractivity contribution in [3.63, 3.8) is 0 Å². The quantitative estimate of drug-likeness (QED) is 0.472. The molecular weight excluding hydrogens is 350 g/mol. The van der Waals surface area contributed by atoms with Gasteiger partial charge in [0.1, 0.15) is 0 Å². The maximum absolute atomic E-state index is 6.74. The maximum atomic E-state index is 6.74. The second kappa shape index (κ2) is 5.53. The van der Waals surface area contributed by atoms with Gasteiger partial charge in [0, 0.05) is 16.7 Å². The molecule has 3 aromatic rings. The zero-order valence-electron chi connectivity index (χ0n) is 16.8. The van der Waals surface area contributed by atoms with Crippen LogP contribution in [0.5, 0.6) is 0 Å². The third-order valence-electron chi connectivity index (χ3n) is 8.81. The third kappa shape index (κ3) is 1.96. The Labute approximate surface area is 173 Å². The van der Waals surface area contributed by atoms with E-state index in [0.29, 0.717) is 0 Å². The minimum atomic E-state index is 0.211. The molecule has 8 rings (SSSR count). The number of hydrogen-bond acceptors (Lipinski definition) is 1. The highest BCUT2D eigenvalue weighted by Gasteiger charge is 2.61. The highest BCUT2D eigenvalue weighted by atomic mass is 14.7. The first-order valence-electron chi connectivity index (χ1n) is 11.3. The van der Waals surface area contributed by atoms with Crippen molar-refractivity contribution >= 4 is 5.69 Å². The summed E-state index contributed by atoms with van der Waals surface area (Å²) in [5.74, 6) is 3.53. The summed E-state index contributed by atoms with van der Waals surface area (Å²) in [6.07, 6.45) is 7.16. The van der Waals surface area contributed by atoms with Crippen LogP contribution < -0.4 is 5.73 Å². The lowest BCUT2D eigenvalue weighted by Gasteiger charge is -2.61. The standard InChI is InChI=1S/C28H27N/c29-27-16-26-24(15-23(27)19-6-2-1-3-7-19)22-8-4-5-9-25(22)28(26)20-11-17-10-18(13-20)14-21(28)12-17/h1-9,15-18,20-21H,10-14,29H2. The SMILES string of the molecule is Nc1cc2c(cc1-c1ccccc1)-c1ccccc1C21C2CC3CC(C2)CC1C3. The van der Waals surface area contributed by atoms with E-state index in [1.807, 2.05) is 0 Å². The molecule has 1 heteroatoms. The average molecular weight is 378 g/mol. The molecule has 4 fully saturated rings. The minimum absolute atomic E-state index is 0.211. The molecule has 1 nitrogen and oxygen atoms in total. The highest BCUT2D eigenvalue weighted by Crippen LogP contribution is 2.69. The molecule has 4 saturated carbocycles. The summed E-state index contributed by atoms with van der Waals surface area (Å²) < 4.78 is 0. The van der Waals surface area contributed by atoms with E-state index in [-0.39, 0.29) is 5.41 Å². The highest BCUT2D eigenvalue weighted by molar-refractivity contribution is 5.90. The van der Waals surface area contributed by atoms with Gasteiger partial charge < -0.3 is 5.73 Å². The fourth-order valence-electron chi connectivity index (χ4n) is 8.08. The summed E-state index contributed by atoms with van der Waals surface area (Å²) in [5, 5.41) is 0. The molecule has 144 valence electrons. The van der Waals surface area contributed by atoms with Crippen LogP contribution in [0.4, 0.5) is 5.69 Å². The lowest BCUT2D eigenvalue weighted by molar-refractivity contribution is -0.0399. The zero-order chi connectivity index (χ0) is 19.2. The van der Waals surface area contributed by atoms with Crippen molar-refractivity contribution < 1.29 is 0 Å². The molecule has 3 aromatic carbocycles. The largest absolute Gasteiger partial charge is 0.398 e. The predicted molar refractivity (Wildman–Crippen MR) is 120 cm³/mol. The lowest BCUT2D eigenvalue weighted by atomic mass is 9.43. The summed E-state index contributed by atoms with van der Waals surface area (Å²) in [4.78, 5) is 0. The van der Waals surface area contributed by atoms with Crippen LogP contribution in [-0.2, 0) is 5.41 Å². The molecule has 0 saturated heterocycles. The Balaban J connectivity index is 1.51. The van der Waals surface area contributed by atoms with Crippen LogP contribution in [0.25, 0.3) is 22.3 Å². The first kappa shape index (κ1) is 16.3. The topological polar surface area (TPSA) is 26.0 Å². The second-order valence-electron chi connectivity index (χ2n) is 10.1. The fraction of sp³-hybridized carbons (Fsp3) is 0.357. The van der Waals surface area contributed by atoms with Crippen LogP contribution >= 0.6 is 0 Å². The summed E-state index contributed by atoms with van der Waals surface area (Å²) in [6, 6.07) is 24.7. The number of nitrogen functional groups attached to an aromatic ring is 1. The number of hydrogen-bond donors (Lipinski definition) is 1. The normalized spacial score (nSPS) is 33.1. The van der Waals surface area contributed by atoms with Gasteiger partial charge in [0.25, 0.3) is 0 Å². The van der Waals surface area contributed by atoms with Crippen LogP contribution in [0.1, 0.15) is 43.2 Å². The van der Waals surface area contributed by atoms with Crippen molar-refractivity contribution in [1.82, 2.24) is 0 Å². The number of fused-ring (bicyclic) bond motifs is 3. The number of benzene rings is 3. The molecule has 5 aliphatic rings. The van der Waals surface area contributed by atoms with Gasteiger partial charge >= 0.3 is 0 Å². The van der Waals surface area contributed by atoms with Gasteiger partial charge in [-0.25, -0.2) is 0 Å². The Bertz CT molecular complexity index is 1100. The van der Waals surface area contributed by atoms with Crippen LogP contribution in [0, 0.1) is 23.7 Å². The summed E-state index contributed by atoms with van der Waals surface area (Å²) >= 11 is 0. The van der Waals surface area contributed by atoms with E-state index in [0.717, 1.165) is 29.4 Å². The van der Waals surface area contributed by atoms with Crippen molar-refractivity contribution in [2.45, 2.75) is 37.5 Å². The number of nitrogens with two attached hydrogens (primary N) is 1. The van der Waals surface area contributed by atoms with Gasteiger partial charge in [-0.2, -0.15) is 0 Å². The summed E-state index contributed by atoms with van der Waals surface area (Å²) in [7, 11) is 0. The van der Waals surface area contributed by atoms with Gasteiger partial charge in [0.2, 0.25) is 0 Å². The molecule has 1 spiro atoms. The van der Waals surface area contributed by atoms with Crippen LogP contribution in [0.3, 0.4) is 0 Å². The van der Waals surface area contributed by atoms with Crippen molar-refractivity contribution in [3.8, 4) is 22.3 Å². The van der Waals surface area contributed by atoms with E-state index < -0.39 is 0 Å². The molecule has 0 aromatic heterocycles. The first-order valence-corrected chi connectivity index (χ1v) is 11.3. The molecule has 0 aliphatic heterocycles. The van der Waals surface area contributed by atoms with Gasteiger partial charge in [-0.05, 0) is 95.7 Å². The van der Waals surface area contributed by atoms with Crippen molar-refractivity contribution in [2.75, 3.05) is 5.73 Å². The monoisotopic (exact) mass is 377 g/mol. The summed E-state index contributed by atoms with van der Waals surface area (Å²) in [5.41, 5.74) is 16.3. The predicted octanol–water partition coefficient (Wildman–Crippen LogP) is 6.66. The van der Waals surface area contributed by atoms with E-state index in [4.69, 9.17) is 5.73 Å². The van der Waals surface area contributed by atoms with Crippen LogP contribution in [-0.4, -0.2) is 0 Å². The lowest BCUT2D eigenvalue weighted by Crippen LogP contribution is -2.55. The van der Waals surface area contributed by atoms with Crippen molar-refractivity contribution in [2.24, 2.45) is 23.7 Å². The smallest absolute Gasteiger partial charge is 0.0397 e. The molecule has 0 radical (unpaired) electrons.